The minimum absolute atomic E-state index is 0.00495. The van der Waals surface area contributed by atoms with Crippen molar-refractivity contribution < 1.29 is 41.8 Å². The first-order valence-electron chi connectivity index (χ1n) is 21.0. The number of hydrogen-bond acceptors (Lipinski definition) is 9. The van der Waals surface area contributed by atoms with Gasteiger partial charge in [-0.25, -0.2) is 14.8 Å². The summed E-state index contributed by atoms with van der Waals surface area (Å²) in [7, 11) is 1.25. The van der Waals surface area contributed by atoms with Gasteiger partial charge >= 0.3 is 12.5 Å². The number of carbonyl (C=O) groups excluding carboxylic acids is 4. The summed E-state index contributed by atoms with van der Waals surface area (Å²) < 4.78 is 50.5. The van der Waals surface area contributed by atoms with Crippen molar-refractivity contribution >= 4 is 35.3 Å². The fourth-order valence-corrected chi connectivity index (χ4v) is 8.04. The maximum absolute atomic E-state index is 13.9. The van der Waals surface area contributed by atoms with Crippen LogP contribution in [0.2, 0.25) is 0 Å². The van der Waals surface area contributed by atoms with Crippen molar-refractivity contribution in [1.29, 1.82) is 0 Å². The van der Waals surface area contributed by atoms with Crippen LogP contribution in [0.5, 0.6) is 5.75 Å². The van der Waals surface area contributed by atoms with Gasteiger partial charge in [-0.15, -0.1) is 13.2 Å². The predicted octanol–water partition coefficient (Wildman–Crippen LogP) is 7.97. The molecule has 0 bridgehead atoms. The molecule has 14 nitrogen and oxygen atoms in total. The van der Waals surface area contributed by atoms with E-state index in [1.165, 1.54) is 25.4 Å². The number of hydrogen-bond donors (Lipinski definition) is 3. The number of benzene rings is 2. The molecule has 1 aliphatic carbocycles. The number of piperazine rings is 1. The molecule has 4 heterocycles. The van der Waals surface area contributed by atoms with Crippen LogP contribution in [0.3, 0.4) is 0 Å². The zero-order valence-electron chi connectivity index (χ0n) is 36.4. The molecular weight excluding hydrogens is 818 g/mol. The van der Waals surface area contributed by atoms with Gasteiger partial charge < -0.3 is 39.8 Å². The number of nitrogens with one attached hydrogen (secondary N) is 3. The molecule has 17 heteroatoms. The van der Waals surface area contributed by atoms with Crippen LogP contribution in [0.1, 0.15) is 76.6 Å². The molecule has 2 aromatic carbocycles. The zero-order chi connectivity index (χ0) is 45.4. The molecule has 1 saturated heterocycles. The lowest BCUT2D eigenvalue weighted by atomic mass is 9.94. The van der Waals surface area contributed by atoms with Crippen molar-refractivity contribution in [3.8, 4) is 28.1 Å². The summed E-state index contributed by atoms with van der Waals surface area (Å²) in [5.74, 6) is 0.0188. The van der Waals surface area contributed by atoms with Crippen molar-refractivity contribution in [2.45, 2.75) is 78.9 Å². The Morgan fingerprint density at radius 3 is 2.24 bits per heavy atom. The van der Waals surface area contributed by atoms with E-state index in [2.05, 4.69) is 41.3 Å². The summed E-state index contributed by atoms with van der Waals surface area (Å²) >= 11 is 0. The Morgan fingerprint density at radius 1 is 0.921 bits per heavy atom. The van der Waals surface area contributed by atoms with Crippen LogP contribution in [0.4, 0.5) is 29.5 Å². The Labute approximate surface area is 364 Å². The number of carbonyl (C=O) groups is 4. The van der Waals surface area contributed by atoms with Gasteiger partial charge in [0.1, 0.15) is 29.5 Å². The fraction of sp³-hybridized carbons (Fsp3) is 0.435. The van der Waals surface area contributed by atoms with Crippen molar-refractivity contribution in [3.05, 3.63) is 90.0 Å². The number of alkyl halides is 3. The third-order valence-electron chi connectivity index (χ3n) is 11.5. The lowest BCUT2D eigenvalue weighted by Crippen LogP contribution is -2.56. The number of H-pyrrole nitrogens is 1. The van der Waals surface area contributed by atoms with Gasteiger partial charge in [0.2, 0.25) is 11.8 Å². The van der Waals surface area contributed by atoms with E-state index in [0.717, 1.165) is 24.5 Å². The number of aromatic amines is 1. The number of anilines is 2. The summed E-state index contributed by atoms with van der Waals surface area (Å²) in [6.45, 7) is 13.5. The van der Waals surface area contributed by atoms with E-state index in [1.54, 1.807) is 47.5 Å². The number of methoxy groups -OCH3 is 1. The zero-order valence-corrected chi connectivity index (χ0v) is 36.4. The van der Waals surface area contributed by atoms with Crippen LogP contribution in [0, 0.1) is 17.3 Å². The average Bonchev–Trinajstić information content (AvgIpc) is 3.80. The van der Waals surface area contributed by atoms with Crippen LogP contribution in [-0.2, 0) is 14.3 Å². The number of amides is 4. The molecule has 7 rings (SSSR count). The highest BCUT2D eigenvalue weighted by molar-refractivity contribution is 6.05. The average molecular weight is 871 g/mol. The van der Waals surface area contributed by atoms with E-state index in [1.807, 2.05) is 46.4 Å². The lowest BCUT2D eigenvalue weighted by molar-refractivity contribution is -0.274. The molecule has 2 fully saturated rings. The van der Waals surface area contributed by atoms with Crippen LogP contribution in [-0.4, -0.2) is 100 Å². The molecule has 63 heavy (non-hydrogen) atoms. The largest absolute Gasteiger partial charge is 0.573 e. The highest BCUT2D eigenvalue weighted by atomic mass is 19.4. The van der Waals surface area contributed by atoms with Gasteiger partial charge in [0.05, 0.1) is 30.9 Å². The molecule has 2 aliphatic heterocycles. The number of nitrogens with zero attached hydrogens (tertiary/aromatic N) is 5. The van der Waals surface area contributed by atoms with Gasteiger partial charge in [-0.3, -0.25) is 14.4 Å². The fourth-order valence-electron chi connectivity index (χ4n) is 8.04. The number of halogens is 3. The molecule has 0 spiro atoms. The van der Waals surface area contributed by atoms with E-state index in [9.17, 15) is 32.3 Å². The van der Waals surface area contributed by atoms with E-state index >= 15 is 0 Å². The molecule has 3 N–H and O–H groups in total. The second-order valence-corrected chi connectivity index (χ2v) is 17.7. The number of aromatic nitrogens is 3. The van der Waals surface area contributed by atoms with Crippen molar-refractivity contribution in [2.24, 2.45) is 17.3 Å². The van der Waals surface area contributed by atoms with Crippen molar-refractivity contribution in [2.75, 3.05) is 43.5 Å². The van der Waals surface area contributed by atoms with Gasteiger partial charge in [0.25, 0.3) is 5.91 Å². The SMILES string of the molecule is COC(=O)NC(C(=O)N1CC(C2CC2)=CC1c1ncc(-c2ccc(-c3ccc(C(=O)Nc4ccc(N5CCN(C(=O)C(C)(C)C)CC5C)nc4)cc3OC(F)(F)F)cc2)[nH]1)C(C)C. The number of alkyl carbamates (subject to hydrolysis) is 1. The molecule has 4 aromatic rings. The Morgan fingerprint density at radius 2 is 1.63 bits per heavy atom. The summed E-state index contributed by atoms with van der Waals surface area (Å²) in [5.41, 5.74) is 2.79. The molecule has 1 saturated carbocycles. The lowest BCUT2D eigenvalue weighted by Gasteiger charge is -2.42. The Balaban J connectivity index is 1.05. The molecular formula is C46H53F3N8O6. The number of rotatable bonds is 11. The van der Waals surface area contributed by atoms with Crippen LogP contribution in [0.15, 0.2) is 78.6 Å². The quantitative estimate of drug-likeness (QED) is 0.127. The summed E-state index contributed by atoms with van der Waals surface area (Å²) in [4.78, 5) is 70.3. The second-order valence-electron chi connectivity index (χ2n) is 17.7. The first kappa shape index (κ1) is 44.7. The Hall–Kier alpha value is -6.39. The van der Waals surface area contributed by atoms with E-state index in [0.29, 0.717) is 66.2 Å². The minimum Gasteiger partial charge on any atom is -0.453 e. The predicted molar refractivity (Wildman–Crippen MR) is 231 cm³/mol. The van der Waals surface area contributed by atoms with E-state index in [4.69, 9.17) is 4.74 Å². The van der Waals surface area contributed by atoms with Gasteiger partial charge in [0, 0.05) is 48.8 Å². The van der Waals surface area contributed by atoms with E-state index < -0.39 is 41.6 Å². The first-order valence-corrected chi connectivity index (χ1v) is 21.0. The van der Waals surface area contributed by atoms with Crippen molar-refractivity contribution in [1.82, 2.24) is 30.1 Å². The molecule has 0 radical (unpaired) electrons. The number of imidazole rings is 1. The van der Waals surface area contributed by atoms with Crippen LogP contribution in [0.25, 0.3) is 22.4 Å². The standard InChI is InChI=1S/C46H53F3N8O6/c1-26(2)39(54-44(61)62-7)42(59)57-25-32(28-8-9-28)20-36(57)40-51-23-35(53-40)30-12-10-29(11-13-30)34-16-14-31(21-37(34)63-46(47,48)49)41(58)52-33-15-17-38(50-22-33)56-19-18-55(24-27(56)3)43(60)45(4,5)6/h10-17,20-23,26-28,36,39H,8-9,18-19,24-25H2,1-7H3,(H,51,53)(H,52,58)(H,54,61). The van der Waals surface area contributed by atoms with E-state index in [-0.39, 0.29) is 34.9 Å². The second kappa shape index (κ2) is 17.8. The highest BCUT2D eigenvalue weighted by Crippen LogP contribution is 2.43. The summed E-state index contributed by atoms with van der Waals surface area (Å²) in [6, 6.07) is 12.7. The van der Waals surface area contributed by atoms with Crippen LogP contribution >= 0.6 is 0 Å². The summed E-state index contributed by atoms with van der Waals surface area (Å²) in [5, 5.41) is 5.38. The summed E-state index contributed by atoms with van der Waals surface area (Å²) in [6.07, 6.45) is 1.54. The van der Waals surface area contributed by atoms with Gasteiger partial charge in [0.15, 0.2) is 0 Å². The Bertz CT molecular complexity index is 2370. The molecule has 4 amide bonds. The first-order chi connectivity index (χ1) is 29.8. The Kier molecular flexibility index (Phi) is 12.6. The number of ether oxygens (including phenoxy) is 2. The van der Waals surface area contributed by atoms with Gasteiger partial charge in [-0.05, 0) is 78.6 Å². The third kappa shape index (κ3) is 10.3. The molecule has 3 unspecified atom stereocenters. The normalized spacial score (nSPS) is 18.5. The van der Waals surface area contributed by atoms with Gasteiger partial charge in [-0.1, -0.05) is 65.0 Å². The maximum Gasteiger partial charge on any atom is 0.573 e. The maximum atomic E-state index is 13.9. The van der Waals surface area contributed by atoms with Crippen molar-refractivity contribution in [3.63, 3.8) is 0 Å². The minimum atomic E-state index is -5.04. The third-order valence-corrected chi connectivity index (χ3v) is 11.5. The molecule has 3 aliphatic rings. The monoisotopic (exact) mass is 870 g/mol. The molecule has 2 aromatic heterocycles. The topological polar surface area (TPSA) is 162 Å². The molecule has 334 valence electrons. The smallest absolute Gasteiger partial charge is 0.453 e. The number of pyridine rings is 1. The van der Waals surface area contributed by atoms with Gasteiger partial charge in [-0.2, -0.15) is 0 Å². The molecule has 3 atom stereocenters. The van der Waals surface area contributed by atoms with Crippen LogP contribution < -0.4 is 20.3 Å². The highest BCUT2D eigenvalue weighted by Gasteiger charge is 2.41.